The Hall–Kier alpha value is -1.75. The second kappa shape index (κ2) is 6.65. The van der Waals surface area contributed by atoms with Crippen LogP contribution in [0.1, 0.15) is 76.0 Å². The summed E-state index contributed by atoms with van der Waals surface area (Å²) in [5.41, 5.74) is -0.720. The van der Waals surface area contributed by atoms with Crippen molar-refractivity contribution in [1.82, 2.24) is 0 Å². The maximum absolute atomic E-state index is 13.0. The van der Waals surface area contributed by atoms with Gasteiger partial charge < -0.3 is 19.0 Å². The molecular formula is C23H30O5. The van der Waals surface area contributed by atoms with Gasteiger partial charge in [-0.1, -0.05) is 12.8 Å². The topological polar surface area (TPSA) is 68.9 Å². The molecule has 3 heterocycles. The third-order valence-electron chi connectivity index (χ3n) is 7.02. The molecule has 4 aliphatic rings. The Morgan fingerprint density at radius 1 is 1.21 bits per heavy atom. The van der Waals surface area contributed by atoms with E-state index in [2.05, 4.69) is 0 Å². The fourth-order valence-corrected chi connectivity index (χ4v) is 5.19. The largest absolute Gasteiger partial charge is 0.507 e. The van der Waals surface area contributed by atoms with Crippen LogP contribution in [-0.4, -0.2) is 17.8 Å². The summed E-state index contributed by atoms with van der Waals surface area (Å²) in [6.07, 6.45) is 12.3. The van der Waals surface area contributed by atoms with Gasteiger partial charge in [-0.05, 0) is 62.9 Å². The molecule has 0 aromatic carbocycles. The van der Waals surface area contributed by atoms with Crippen molar-refractivity contribution in [2.75, 3.05) is 6.61 Å². The fraction of sp³-hybridized carbons (Fsp3) is 0.696. The monoisotopic (exact) mass is 386 g/mol. The minimum Gasteiger partial charge on any atom is -0.507 e. The first-order valence-electron chi connectivity index (χ1n) is 10.8. The lowest BCUT2D eigenvalue weighted by Gasteiger charge is -2.30. The maximum atomic E-state index is 13.0. The molecule has 1 saturated heterocycles. The zero-order valence-corrected chi connectivity index (χ0v) is 16.7. The molecule has 28 heavy (non-hydrogen) atoms. The van der Waals surface area contributed by atoms with Gasteiger partial charge in [-0.25, -0.2) is 4.79 Å². The van der Waals surface area contributed by atoms with E-state index in [0.29, 0.717) is 36.2 Å². The lowest BCUT2D eigenvalue weighted by molar-refractivity contribution is 0.00458. The van der Waals surface area contributed by atoms with Crippen LogP contribution in [0.5, 0.6) is 5.75 Å². The van der Waals surface area contributed by atoms with E-state index >= 15 is 0 Å². The highest BCUT2D eigenvalue weighted by Gasteiger charge is 2.48. The minimum atomic E-state index is -0.761. The van der Waals surface area contributed by atoms with Gasteiger partial charge in [0.25, 0.3) is 0 Å². The quantitative estimate of drug-likeness (QED) is 0.744. The summed E-state index contributed by atoms with van der Waals surface area (Å²) in [6.45, 7) is 2.77. The lowest BCUT2D eigenvalue weighted by Crippen LogP contribution is -2.32. The van der Waals surface area contributed by atoms with E-state index in [1.165, 1.54) is 12.8 Å². The van der Waals surface area contributed by atoms with E-state index in [9.17, 15) is 9.90 Å². The van der Waals surface area contributed by atoms with Gasteiger partial charge >= 0.3 is 5.63 Å². The van der Waals surface area contributed by atoms with Crippen molar-refractivity contribution in [3.05, 3.63) is 39.6 Å². The molecule has 1 aromatic rings. The Morgan fingerprint density at radius 2 is 2.04 bits per heavy atom. The molecule has 5 heteroatoms. The third-order valence-corrected chi connectivity index (χ3v) is 7.02. The molecule has 152 valence electrons. The van der Waals surface area contributed by atoms with Crippen molar-refractivity contribution in [3.63, 3.8) is 0 Å². The summed E-state index contributed by atoms with van der Waals surface area (Å²) in [5.74, 6) is 2.00. The Morgan fingerprint density at radius 3 is 2.61 bits per heavy atom. The van der Waals surface area contributed by atoms with Gasteiger partial charge in [0.15, 0.2) is 0 Å². The molecule has 5 nitrogen and oxygen atoms in total. The van der Waals surface area contributed by atoms with Crippen LogP contribution in [0.25, 0.3) is 0 Å². The molecule has 2 atom stereocenters. The Labute approximate surface area is 165 Å². The molecule has 2 saturated carbocycles. The highest BCUT2D eigenvalue weighted by molar-refractivity contribution is 5.38. The molecule has 2 unspecified atom stereocenters. The van der Waals surface area contributed by atoms with E-state index in [4.69, 9.17) is 13.9 Å². The number of ether oxygens (including phenoxy) is 2. The van der Waals surface area contributed by atoms with E-state index in [-0.39, 0.29) is 11.2 Å². The molecule has 3 fully saturated rings. The number of allylic oxidation sites excluding steroid dienone is 1. The number of hydrogen-bond acceptors (Lipinski definition) is 5. The summed E-state index contributed by atoms with van der Waals surface area (Å²) < 4.78 is 17.7. The van der Waals surface area contributed by atoms with Crippen LogP contribution in [-0.2, 0) is 21.5 Å². The van der Waals surface area contributed by atoms with Crippen LogP contribution in [0.15, 0.2) is 27.1 Å². The highest BCUT2D eigenvalue weighted by atomic mass is 16.5. The molecule has 0 amide bonds. The zero-order valence-electron chi connectivity index (χ0n) is 16.7. The summed E-state index contributed by atoms with van der Waals surface area (Å²) in [5, 5.41) is 10.8. The van der Waals surface area contributed by atoms with Crippen molar-refractivity contribution in [1.29, 1.82) is 0 Å². The van der Waals surface area contributed by atoms with Gasteiger partial charge in [-0.15, -0.1) is 0 Å². The van der Waals surface area contributed by atoms with Crippen molar-refractivity contribution < 1.29 is 19.0 Å². The molecule has 0 spiro atoms. The molecule has 0 bridgehead atoms. The second-order valence-electron chi connectivity index (χ2n) is 9.54. The molecule has 2 aliphatic heterocycles. The highest BCUT2D eigenvalue weighted by Crippen LogP contribution is 2.54. The average molecular weight is 386 g/mol. The van der Waals surface area contributed by atoms with E-state index in [1.54, 1.807) is 6.07 Å². The predicted octanol–water partition coefficient (Wildman–Crippen LogP) is 4.56. The van der Waals surface area contributed by atoms with Crippen LogP contribution in [0.2, 0.25) is 0 Å². The summed E-state index contributed by atoms with van der Waals surface area (Å²) >= 11 is 0. The first-order chi connectivity index (χ1) is 13.5. The van der Waals surface area contributed by atoms with Gasteiger partial charge in [-0.3, -0.25) is 0 Å². The van der Waals surface area contributed by atoms with E-state index < -0.39 is 11.2 Å². The van der Waals surface area contributed by atoms with E-state index in [1.807, 2.05) is 13.0 Å². The lowest BCUT2D eigenvalue weighted by atomic mass is 9.86. The van der Waals surface area contributed by atoms with Gasteiger partial charge in [0.05, 0.1) is 11.9 Å². The first kappa shape index (κ1) is 18.3. The zero-order chi connectivity index (χ0) is 19.4. The minimum absolute atomic E-state index is 0.0305. The molecule has 1 aromatic heterocycles. The predicted molar refractivity (Wildman–Crippen MR) is 104 cm³/mol. The SMILES string of the molecule is CC1=CCC(CC2CC2)(c2c(O)cc(CC3(CC4CCCO4)CC3)oc2=O)O1. The Kier molecular flexibility index (Phi) is 4.34. The smallest absolute Gasteiger partial charge is 0.346 e. The van der Waals surface area contributed by atoms with Gasteiger partial charge in [0.2, 0.25) is 0 Å². The maximum Gasteiger partial charge on any atom is 0.346 e. The van der Waals surface area contributed by atoms with Crippen LogP contribution in [0, 0.1) is 11.3 Å². The fourth-order valence-electron chi connectivity index (χ4n) is 5.19. The standard InChI is InChI=1S/C23H30O5/c1-15-6-7-23(28-15,12-16-4-5-16)20-19(24)11-18(27-21(20)25)14-22(8-9-22)13-17-3-2-10-26-17/h6,11,16-17,24H,2-5,7-10,12-14H2,1H3. The molecule has 2 aliphatic carbocycles. The van der Waals surface area contributed by atoms with Crippen LogP contribution >= 0.6 is 0 Å². The second-order valence-corrected chi connectivity index (χ2v) is 9.54. The van der Waals surface area contributed by atoms with Gasteiger partial charge in [0, 0.05) is 25.5 Å². The van der Waals surface area contributed by atoms with Gasteiger partial charge in [0.1, 0.15) is 22.7 Å². The number of aromatic hydroxyl groups is 1. The normalized spacial score (nSPS) is 30.9. The Balaban J connectivity index is 1.38. The number of hydrogen-bond donors (Lipinski definition) is 1. The van der Waals surface area contributed by atoms with Crippen molar-refractivity contribution in [3.8, 4) is 5.75 Å². The molecule has 1 N–H and O–H groups in total. The van der Waals surface area contributed by atoms with Crippen LogP contribution in [0.3, 0.4) is 0 Å². The Bertz CT molecular complexity index is 839. The first-order valence-corrected chi connectivity index (χ1v) is 10.8. The van der Waals surface area contributed by atoms with Crippen molar-refractivity contribution in [2.45, 2.75) is 82.8 Å². The van der Waals surface area contributed by atoms with Crippen LogP contribution in [0.4, 0.5) is 0 Å². The van der Waals surface area contributed by atoms with E-state index in [0.717, 1.165) is 50.9 Å². The molecule has 0 radical (unpaired) electrons. The summed E-state index contributed by atoms with van der Waals surface area (Å²) in [7, 11) is 0. The average Bonchev–Trinajstić information content (AvgIpc) is 3.49. The summed E-state index contributed by atoms with van der Waals surface area (Å²) in [6, 6.07) is 1.66. The molecule has 5 rings (SSSR count). The van der Waals surface area contributed by atoms with Gasteiger partial charge in [-0.2, -0.15) is 0 Å². The summed E-state index contributed by atoms with van der Waals surface area (Å²) in [4.78, 5) is 13.0. The third kappa shape index (κ3) is 3.49. The van der Waals surface area contributed by atoms with Crippen molar-refractivity contribution in [2.24, 2.45) is 11.3 Å². The van der Waals surface area contributed by atoms with Crippen LogP contribution < -0.4 is 5.63 Å². The van der Waals surface area contributed by atoms with Crippen molar-refractivity contribution >= 4 is 0 Å². The number of rotatable bonds is 7. The molecular weight excluding hydrogens is 356 g/mol.